The largest absolute Gasteiger partial charge is 0.481 e. The molecule has 2 saturated heterocycles. The number of ether oxygens (including phenoxy) is 1. The molecule has 2 bridgehead atoms. The number of aryl methyl sites for hydroxylation is 1. The SMILES string of the molecule is Cc1ccc(F)cc1NC(=O)[C@H]1[C@@H](C(=O)O)[C@@H]2CC[C@@H]1O2. The number of rotatable bonds is 3. The zero-order valence-electron chi connectivity index (χ0n) is 11.5. The summed E-state index contributed by atoms with van der Waals surface area (Å²) in [5.41, 5.74) is 1.09. The second-order valence-electron chi connectivity index (χ2n) is 5.63. The summed E-state index contributed by atoms with van der Waals surface area (Å²) in [6.45, 7) is 1.75. The lowest BCUT2D eigenvalue weighted by atomic mass is 9.78. The van der Waals surface area contributed by atoms with Gasteiger partial charge in [0.05, 0.1) is 24.0 Å². The van der Waals surface area contributed by atoms with Gasteiger partial charge in [-0.15, -0.1) is 0 Å². The Labute approximate surface area is 121 Å². The Morgan fingerprint density at radius 1 is 1.29 bits per heavy atom. The van der Waals surface area contributed by atoms with Gasteiger partial charge in [0.25, 0.3) is 0 Å². The van der Waals surface area contributed by atoms with Crippen LogP contribution in [0.25, 0.3) is 0 Å². The minimum atomic E-state index is -1.02. The van der Waals surface area contributed by atoms with Crippen molar-refractivity contribution in [2.75, 3.05) is 5.32 Å². The first-order chi connectivity index (χ1) is 9.97. The number of anilines is 1. The third kappa shape index (κ3) is 2.40. The molecule has 0 aromatic heterocycles. The molecule has 2 N–H and O–H groups in total. The van der Waals surface area contributed by atoms with Gasteiger partial charge in [0.1, 0.15) is 5.82 Å². The van der Waals surface area contributed by atoms with Crippen LogP contribution in [0.15, 0.2) is 18.2 Å². The van der Waals surface area contributed by atoms with Gasteiger partial charge in [0.2, 0.25) is 5.91 Å². The van der Waals surface area contributed by atoms with E-state index in [-0.39, 0.29) is 6.10 Å². The van der Waals surface area contributed by atoms with Gasteiger partial charge in [0.15, 0.2) is 0 Å². The van der Waals surface area contributed by atoms with E-state index in [1.54, 1.807) is 13.0 Å². The van der Waals surface area contributed by atoms with Crippen molar-refractivity contribution < 1.29 is 23.8 Å². The van der Waals surface area contributed by atoms with E-state index in [4.69, 9.17) is 4.74 Å². The standard InChI is InChI=1S/C15H16FNO4/c1-7-2-3-8(16)6-9(7)17-14(18)12-10-4-5-11(21-10)13(12)15(19)20/h2-3,6,10-13H,4-5H2,1H3,(H,17,18)(H,19,20)/t10-,11-,12+,13-/m0/s1. The average molecular weight is 293 g/mol. The molecule has 4 atom stereocenters. The van der Waals surface area contributed by atoms with E-state index in [1.165, 1.54) is 12.1 Å². The van der Waals surface area contributed by atoms with E-state index in [2.05, 4.69) is 5.32 Å². The van der Waals surface area contributed by atoms with Crippen molar-refractivity contribution in [1.29, 1.82) is 0 Å². The molecular weight excluding hydrogens is 277 g/mol. The molecule has 0 aliphatic carbocycles. The molecule has 2 aliphatic rings. The van der Waals surface area contributed by atoms with Gasteiger partial charge in [-0.3, -0.25) is 9.59 Å². The Morgan fingerprint density at radius 3 is 2.62 bits per heavy atom. The van der Waals surface area contributed by atoms with E-state index in [0.29, 0.717) is 18.5 Å². The van der Waals surface area contributed by atoms with E-state index in [1.807, 2.05) is 0 Å². The highest BCUT2D eigenvalue weighted by atomic mass is 19.1. The smallest absolute Gasteiger partial charge is 0.310 e. The van der Waals surface area contributed by atoms with Crippen molar-refractivity contribution >= 4 is 17.6 Å². The third-order valence-corrected chi connectivity index (χ3v) is 4.32. The fourth-order valence-electron chi connectivity index (χ4n) is 3.27. The van der Waals surface area contributed by atoms with Gasteiger partial charge in [0, 0.05) is 5.69 Å². The molecule has 2 fully saturated rings. The number of aliphatic carboxylic acids is 1. The first-order valence-corrected chi connectivity index (χ1v) is 6.92. The lowest BCUT2D eigenvalue weighted by Crippen LogP contribution is -2.41. The molecule has 21 heavy (non-hydrogen) atoms. The lowest BCUT2D eigenvalue weighted by molar-refractivity contribution is -0.147. The van der Waals surface area contributed by atoms with Gasteiger partial charge >= 0.3 is 5.97 Å². The number of carboxylic acids is 1. The van der Waals surface area contributed by atoms with Crippen molar-refractivity contribution in [3.8, 4) is 0 Å². The average Bonchev–Trinajstić information content (AvgIpc) is 3.03. The van der Waals surface area contributed by atoms with Crippen LogP contribution in [-0.4, -0.2) is 29.2 Å². The molecule has 2 aliphatic heterocycles. The molecule has 112 valence electrons. The monoisotopic (exact) mass is 293 g/mol. The Kier molecular flexibility index (Phi) is 3.41. The second kappa shape index (κ2) is 5.11. The number of hydrogen-bond acceptors (Lipinski definition) is 3. The molecule has 2 heterocycles. The molecule has 0 radical (unpaired) electrons. The number of carbonyl (C=O) groups is 2. The topological polar surface area (TPSA) is 75.6 Å². The summed E-state index contributed by atoms with van der Waals surface area (Å²) in [6.07, 6.45) is 0.612. The number of carboxylic acid groups (broad SMARTS) is 1. The maximum Gasteiger partial charge on any atom is 0.310 e. The molecule has 1 amide bonds. The van der Waals surface area contributed by atoms with Crippen LogP contribution in [-0.2, 0) is 14.3 Å². The maximum absolute atomic E-state index is 13.3. The first kappa shape index (κ1) is 14.0. The Morgan fingerprint density at radius 2 is 1.95 bits per heavy atom. The summed E-state index contributed by atoms with van der Waals surface area (Å²) < 4.78 is 18.8. The molecule has 5 nitrogen and oxygen atoms in total. The molecule has 1 aromatic carbocycles. The van der Waals surface area contributed by atoms with Gasteiger partial charge in [-0.25, -0.2) is 4.39 Å². The van der Waals surface area contributed by atoms with Crippen LogP contribution in [0.4, 0.5) is 10.1 Å². The summed E-state index contributed by atoms with van der Waals surface area (Å²) in [5, 5.41) is 11.9. The summed E-state index contributed by atoms with van der Waals surface area (Å²) in [7, 11) is 0. The minimum absolute atomic E-state index is 0.357. The first-order valence-electron chi connectivity index (χ1n) is 6.92. The number of fused-ring (bicyclic) bond motifs is 2. The Bertz CT molecular complexity index is 603. The Hall–Kier alpha value is -1.95. The number of halogens is 1. The highest BCUT2D eigenvalue weighted by molar-refractivity contribution is 5.96. The zero-order valence-corrected chi connectivity index (χ0v) is 11.5. The lowest BCUT2D eigenvalue weighted by Gasteiger charge is -2.24. The van der Waals surface area contributed by atoms with Crippen molar-refractivity contribution in [2.45, 2.75) is 32.0 Å². The summed E-state index contributed by atoms with van der Waals surface area (Å²) >= 11 is 0. The number of carbonyl (C=O) groups excluding carboxylic acids is 1. The third-order valence-electron chi connectivity index (χ3n) is 4.32. The Balaban J connectivity index is 1.81. The normalized spacial score (nSPS) is 30.4. The molecule has 0 unspecified atom stereocenters. The van der Waals surface area contributed by atoms with Crippen molar-refractivity contribution in [3.63, 3.8) is 0 Å². The molecule has 0 saturated carbocycles. The predicted octanol–water partition coefficient (Wildman–Crippen LogP) is 1.95. The van der Waals surface area contributed by atoms with E-state index >= 15 is 0 Å². The molecule has 6 heteroatoms. The number of benzene rings is 1. The van der Waals surface area contributed by atoms with Gasteiger partial charge < -0.3 is 15.2 Å². The molecular formula is C15H16FNO4. The summed E-state index contributed by atoms with van der Waals surface area (Å²) in [5.74, 6) is -3.42. The highest BCUT2D eigenvalue weighted by Crippen LogP contribution is 2.44. The van der Waals surface area contributed by atoms with Crippen LogP contribution in [0.3, 0.4) is 0 Å². The van der Waals surface area contributed by atoms with Crippen LogP contribution in [0, 0.1) is 24.6 Å². The molecule has 0 spiro atoms. The highest BCUT2D eigenvalue weighted by Gasteiger charge is 2.55. The number of amides is 1. The fraction of sp³-hybridized carbons (Fsp3) is 0.467. The van der Waals surface area contributed by atoms with Crippen LogP contribution in [0.5, 0.6) is 0 Å². The van der Waals surface area contributed by atoms with Crippen LogP contribution >= 0.6 is 0 Å². The second-order valence-corrected chi connectivity index (χ2v) is 5.63. The molecule has 1 aromatic rings. The number of hydrogen-bond donors (Lipinski definition) is 2. The van der Waals surface area contributed by atoms with Crippen LogP contribution in [0.1, 0.15) is 18.4 Å². The molecule has 3 rings (SSSR count). The van der Waals surface area contributed by atoms with Gasteiger partial charge in [-0.1, -0.05) is 6.07 Å². The van der Waals surface area contributed by atoms with E-state index < -0.39 is 35.6 Å². The summed E-state index contributed by atoms with van der Waals surface area (Å²) in [4.78, 5) is 23.8. The predicted molar refractivity (Wildman–Crippen MR) is 72.3 cm³/mol. The minimum Gasteiger partial charge on any atom is -0.481 e. The van der Waals surface area contributed by atoms with Crippen molar-refractivity contribution in [2.24, 2.45) is 11.8 Å². The van der Waals surface area contributed by atoms with Crippen molar-refractivity contribution in [3.05, 3.63) is 29.6 Å². The van der Waals surface area contributed by atoms with E-state index in [9.17, 15) is 19.1 Å². The fourth-order valence-corrected chi connectivity index (χ4v) is 3.27. The van der Waals surface area contributed by atoms with Crippen molar-refractivity contribution in [1.82, 2.24) is 0 Å². The maximum atomic E-state index is 13.3. The van der Waals surface area contributed by atoms with Crippen LogP contribution < -0.4 is 5.32 Å². The van der Waals surface area contributed by atoms with Crippen LogP contribution in [0.2, 0.25) is 0 Å². The quantitative estimate of drug-likeness (QED) is 0.893. The number of nitrogens with one attached hydrogen (secondary N) is 1. The van der Waals surface area contributed by atoms with E-state index in [0.717, 1.165) is 5.56 Å². The van der Waals surface area contributed by atoms with Gasteiger partial charge in [-0.2, -0.15) is 0 Å². The van der Waals surface area contributed by atoms with Gasteiger partial charge in [-0.05, 0) is 37.5 Å². The zero-order chi connectivity index (χ0) is 15.1. The summed E-state index contributed by atoms with van der Waals surface area (Å²) in [6, 6.07) is 4.11.